The number of hydrogen-bond acceptors (Lipinski definition) is 3. The van der Waals surface area contributed by atoms with Crippen LogP contribution >= 0.6 is 11.8 Å². The molecule has 78 valence electrons. The van der Waals surface area contributed by atoms with Gasteiger partial charge in [-0.3, -0.25) is 4.79 Å². The zero-order valence-corrected chi connectivity index (χ0v) is 9.22. The summed E-state index contributed by atoms with van der Waals surface area (Å²) in [5.74, 6) is 0. The molecule has 3 nitrogen and oxygen atoms in total. The smallest absolute Gasteiger partial charge is 0.298 e. The van der Waals surface area contributed by atoms with Gasteiger partial charge >= 0.3 is 5.17 Å². The summed E-state index contributed by atoms with van der Waals surface area (Å²) in [5.41, 5.74) is 1.91. The fourth-order valence-corrected chi connectivity index (χ4v) is 2.79. The van der Waals surface area contributed by atoms with Crippen LogP contribution in [-0.4, -0.2) is 22.2 Å². The van der Waals surface area contributed by atoms with Crippen LogP contribution < -0.4 is 0 Å². The average Bonchev–Trinajstić information content (AvgIpc) is 2.89. The van der Waals surface area contributed by atoms with Crippen molar-refractivity contribution in [3.05, 3.63) is 47.8 Å². The van der Waals surface area contributed by atoms with Gasteiger partial charge in [0, 0.05) is 5.56 Å². The number of aliphatic imine (C=N–C) groups is 1. The molecule has 0 amide bonds. The lowest BCUT2D eigenvalue weighted by Crippen LogP contribution is -2.00. The number of carbonyl (C=O) groups is 1. The first kappa shape index (κ1) is 9.54. The number of benzene rings is 1. The second kappa shape index (κ2) is 3.72. The van der Waals surface area contributed by atoms with E-state index >= 15 is 0 Å². The summed E-state index contributed by atoms with van der Waals surface area (Å²) >= 11 is 1.72. The molecular formula is C12H9N2OS+. The van der Waals surface area contributed by atoms with Crippen molar-refractivity contribution in [3.8, 4) is 0 Å². The molecule has 0 saturated carbocycles. The lowest BCUT2D eigenvalue weighted by atomic mass is 10.1. The summed E-state index contributed by atoms with van der Waals surface area (Å²) in [6, 6.07) is 7.67. The second-order valence-corrected chi connectivity index (χ2v) is 4.70. The Morgan fingerprint density at radius 3 is 2.81 bits per heavy atom. The van der Waals surface area contributed by atoms with Crippen molar-refractivity contribution in [2.75, 3.05) is 0 Å². The summed E-state index contributed by atoms with van der Waals surface area (Å²) in [6.45, 7) is 0. The molecule has 2 aliphatic rings. The van der Waals surface area contributed by atoms with Crippen molar-refractivity contribution in [1.82, 2.24) is 0 Å². The van der Waals surface area contributed by atoms with Gasteiger partial charge in [0.25, 0.3) is 0 Å². The Kier molecular flexibility index (Phi) is 2.22. The maximum atomic E-state index is 10.5. The third-order valence-corrected chi connectivity index (χ3v) is 3.74. The van der Waals surface area contributed by atoms with E-state index in [-0.39, 0.29) is 0 Å². The van der Waals surface area contributed by atoms with Gasteiger partial charge in [-0.15, -0.1) is 0 Å². The van der Waals surface area contributed by atoms with Gasteiger partial charge in [-0.1, -0.05) is 24.3 Å². The fourth-order valence-electron chi connectivity index (χ4n) is 1.71. The van der Waals surface area contributed by atoms with Crippen LogP contribution in [0.2, 0.25) is 0 Å². The monoisotopic (exact) mass is 229 g/mol. The average molecular weight is 229 g/mol. The van der Waals surface area contributed by atoms with Crippen LogP contribution in [0, 0.1) is 0 Å². The highest BCUT2D eigenvalue weighted by molar-refractivity contribution is 8.14. The Morgan fingerprint density at radius 2 is 2.12 bits per heavy atom. The van der Waals surface area contributed by atoms with Gasteiger partial charge in [-0.2, -0.15) is 4.58 Å². The third kappa shape index (κ3) is 1.51. The fraction of sp³-hybridized carbons (Fsp3) is 0.0833. The van der Waals surface area contributed by atoms with Crippen molar-refractivity contribution in [1.29, 1.82) is 0 Å². The van der Waals surface area contributed by atoms with Crippen LogP contribution in [0.25, 0.3) is 0 Å². The van der Waals surface area contributed by atoms with Gasteiger partial charge in [0.15, 0.2) is 6.20 Å². The van der Waals surface area contributed by atoms with E-state index in [0.717, 1.165) is 11.5 Å². The quantitative estimate of drug-likeness (QED) is 0.575. The normalized spacial score (nSPS) is 21.6. The third-order valence-electron chi connectivity index (χ3n) is 2.56. The number of amidine groups is 1. The van der Waals surface area contributed by atoms with E-state index in [9.17, 15) is 4.79 Å². The molecule has 0 spiro atoms. The Labute approximate surface area is 97.2 Å². The molecule has 2 heterocycles. The molecule has 3 rings (SSSR count). The maximum absolute atomic E-state index is 10.5. The highest BCUT2D eigenvalue weighted by atomic mass is 32.2. The highest BCUT2D eigenvalue weighted by Crippen LogP contribution is 2.34. The Bertz CT molecular complexity index is 528. The number of fused-ring (bicyclic) bond motifs is 1. The first-order chi connectivity index (χ1) is 7.86. The molecular weight excluding hydrogens is 220 g/mol. The molecule has 0 fully saturated rings. The molecule has 0 N–H and O–H groups in total. The van der Waals surface area contributed by atoms with Gasteiger partial charge in [0.05, 0.1) is 11.5 Å². The van der Waals surface area contributed by atoms with Gasteiger partial charge in [0.2, 0.25) is 0 Å². The van der Waals surface area contributed by atoms with E-state index in [2.05, 4.69) is 11.2 Å². The van der Waals surface area contributed by atoms with Crippen LogP contribution in [0.4, 0.5) is 0 Å². The summed E-state index contributed by atoms with van der Waals surface area (Å²) < 4.78 is 2.03. The number of thioether (sulfide) groups is 1. The molecule has 0 aromatic heterocycles. The Balaban J connectivity index is 1.89. The molecule has 0 bridgehead atoms. The first-order valence-electron chi connectivity index (χ1n) is 4.96. The van der Waals surface area contributed by atoms with Crippen molar-refractivity contribution in [2.24, 2.45) is 4.99 Å². The molecule has 0 aliphatic carbocycles. The predicted molar refractivity (Wildman–Crippen MR) is 65.1 cm³/mol. The van der Waals surface area contributed by atoms with Gasteiger partial charge in [-0.05, 0) is 22.3 Å². The standard InChI is InChI=1S/C12H9N2OS/c15-8-9-1-3-10(4-2-9)11-7-14-6-5-13-12(14)16-11/h1-8,11H/q+1. The van der Waals surface area contributed by atoms with Gasteiger partial charge in [-0.25, -0.2) is 0 Å². The Hall–Kier alpha value is -1.68. The van der Waals surface area contributed by atoms with Crippen molar-refractivity contribution in [3.63, 3.8) is 0 Å². The summed E-state index contributed by atoms with van der Waals surface area (Å²) in [4.78, 5) is 14.8. The maximum Gasteiger partial charge on any atom is 0.364 e. The molecule has 1 aromatic carbocycles. The number of carbonyl (C=O) groups excluding carboxylic acids is 1. The summed E-state index contributed by atoms with van der Waals surface area (Å²) in [6.07, 6.45) is 6.73. The van der Waals surface area contributed by atoms with Crippen molar-refractivity contribution < 1.29 is 9.37 Å². The SMILES string of the molecule is O=Cc1ccc(C2C=[N+]3C=CN=C3S2)cc1. The molecule has 16 heavy (non-hydrogen) atoms. The second-order valence-electron chi connectivity index (χ2n) is 3.59. The molecule has 1 unspecified atom stereocenters. The minimum atomic E-state index is 0.296. The number of nitrogens with zero attached hydrogens (tertiary/aromatic N) is 2. The molecule has 0 radical (unpaired) electrons. The lowest BCUT2D eigenvalue weighted by Gasteiger charge is -2.02. The number of hydrogen-bond donors (Lipinski definition) is 0. The molecule has 1 atom stereocenters. The zero-order valence-electron chi connectivity index (χ0n) is 8.41. The minimum absolute atomic E-state index is 0.296. The summed E-state index contributed by atoms with van der Waals surface area (Å²) in [5, 5.41) is 1.31. The van der Waals surface area contributed by atoms with E-state index < -0.39 is 0 Å². The molecule has 4 heteroatoms. The van der Waals surface area contributed by atoms with Gasteiger partial charge in [0.1, 0.15) is 12.5 Å². The molecule has 1 aromatic rings. The van der Waals surface area contributed by atoms with E-state index in [0.29, 0.717) is 10.8 Å². The zero-order chi connectivity index (χ0) is 11.0. The van der Waals surface area contributed by atoms with Crippen LogP contribution in [0.1, 0.15) is 21.2 Å². The van der Waals surface area contributed by atoms with Crippen LogP contribution in [0.15, 0.2) is 41.7 Å². The van der Waals surface area contributed by atoms with Crippen molar-refractivity contribution in [2.45, 2.75) is 5.25 Å². The Morgan fingerprint density at radius 1 is 1.31 bits per heavy atom. The van der Waals surface area contributed by atoms with E-state index in [1.165, 1.54) is 5.56 Å². The van der Waals surface area contributed by atoms with E-state index in [4.69, 9.17) is 0 Å². The van der Waals surface area contributed by atoms with Crippen molar-refractivity contribution >= 4 is 29.4 Å². The predicted octanol–water partition coefficient (Wildman–Crippen LogP) is 2.21. The lowest BCUT2D eigenvalue weighted by molar-refractivity contribution is -0.306. The minimum Gasteiger partial charge on any atom is -0.298 e. The summed E-state index contributed by atoms with van der Waals surface area (Å²) in [7, 11) is 0. The molecule has 0 saturated heterocycles. The van der Waals surface area contributed by atoms with E-state index in [1.54, 1.807) is 18.0 Å². The largest absolute Gasteiger partial charge is 0.364 e. The molecule has 2 aliphatic heterocycles. The van der Waals surface area contributed by atoms with E-state index in [1.807, 2.05) is 35.0 Å². The number of rotatable bonds is 2. The van der Waals surface area contributed by atoms with Crippen LogP contribution in [-0.2, 0) is 0 Å². The number of aldehydes is 1. The first-order valence-corrected chi connectivity index (χ1v) is 5.84. The topological polar surface area (TPSA) is 32.4 Å². The highest BCUT2D eigenvalue weighted by Gasteiger charge is 2.32. The van der Waals surface area contributed by atoms with Gasteiger partial charge < -0.3 is 0 Å². The van der Waals surface area contributed by atoms with Crippen LogP contribution in [0.5, 0.6) is 0 Å². The van der Waals surface area contributed by atoms with Crippen LogP contribution in [0.3, 0.4) is 0 Å².